The molecular formula is C21H30N2O4. The smallest absolute Gasteiger partial charge is 0.248 e. The Labute approximate surface area is 161 Å². The van der Waals surface area contributed by atoms with E-state index in [1.807, 2.05) is 12.1 Å². The topological polar surface area (TPSA) is 51.2 Å². The third-order valence-corrected chi connectivity index (χ3v) is 6.52. The highest BCUT2D eigenvalue weighted by molar-refractivity contribution is 5.78. The second-order valence-corrected chi connectivity index (χ2v) is 7.83. The molecule has 1 amide bonds. The number of hydrogen-bond acceptors (Lipinski definition) is 5. The Morgan fingerprint density at radius 3 is 2.48 bits per heavy atom. The van der Waals surface area contributed by atoms with Crippen LogP contribution >= 0.6 is 0 Å². The average molecular weight is 374 g/mol. The molecule has 4 aliphatic rings. The third kappa shape index (κ3) is 3.58. The maximum atomic E-state index is 12.9. The molecule has 2 bridgehead atoms. The maximum Gasteiger partial charge on any atom is 0.248 e. The highest BCUT2D eigenvalue weighted by Crippen LogP contribution is 2.46. The Morgan fingerprint density at radius 1 is 1.07 bits per heavy atom. The van der Waals surface area contributed by atoms with Crippen molar-refractivity contribution < 1.29 is 19.0 Å². The molecule has 4 fully saturated rings. The summed E-state index contributed by atoms with van der Waals surface area (Å²) in [4.78, 5) is 17.7. The van der Waals surface area contributed by atoms with Gasteiger partial charge in [0.1, 0.15) is 12.4 Å². The lowest BCUT2D eigenvalue weighted by Gasteiger charge is -2.51. The number of likely N-dealkylation sites (tertiary alicyclic amines) is 1. The Bertz CT molecular complexity index is 642. The summed E-state index contributed by atoms with van der Waals surface area (Å²) in [6.45, 7) is 4.22. The molecule has 0 spiro atoms. The van der Waals surface area contributed by atoms with Gasteiger partial charge in [-0.05, 0) is 49.5 Å². The van der Waals surface area contributed by atoms with Crippen molar-refractivity contribution in [1.82, 2.24) is 9.80 Å². The molecule has 6 nitrogen and oxygen atoms in total. The predicted octanol–water partition coefficient (Wildman–Crippen LogP) is 1.75. The van der Waals surface area contributed by atoms with Crippen molar-refractivity contribution >= 4 is 5.91 Å². The Morgan fingerprint density at radius 2 is 1.81 bits per heavy atom. The second-order valence-electron chi connectivity index (χ2n) is 7.83. The Balaban J connectivity index is 1.53. The van der Waals surface area contributed by atoms with Crippen LogP contribution in [0.3, 0.4) is 0 Å². The van der Waals surface area contributed by atoms with E-state index in [-0.39, 0.29) is 12.5 Å². The number of carbonyl (C=O) groups excluding carboxylic acids is 1. The summed E-state index contributed by atoms with van der Waals surface area (Å²) in [5, 5.41) is 0. The standard InChI is InChI=1S/C21H30N2O4/c1-25-11-12-27-14-19(24)23-13-18(15-3-5-17(26-2)6-4-15)21-20(23)16-7-9-22(21)10-8-16/h3-6,16,18,20-21H,7-14H2,1-2H3/t18-,20+,21+/m0/s1. The summed E-state index contributed by atoms with van der Waals surface area (Å²) in [5.41, 5.74) is 1.30. The molecule has 1 aromatic carbocycles. The normalized spacial score (nSPS) is 31.8. The molecule has 0 aromatic heterocycles. The van der Waals surface area contributed by atoms with E-state index >= 15 is 0 Å². The third-order valence-electron chi connectivity index (χ3n) is 6.52. The maximum absolute atomic E-state index is 12.9. The van der Waals surface area contributed by atoms with Gasteiger partial charge in [-0.1, -0.05) is 12.1 Å². The van der Waals surface area contributed by atoms with E-state index in [9.17, 15) is 4.79 Å². The zero-order chi connectivity index (χ0) is 18.8. The zero-order valence-corrected chi connectivity index (χ0v) is 16.3. The molecule has 0 saturated carbocycles. The number of benzene rings is 1. The molecule has 3 atom stereocenters. The predicted molar refractivity (Wildman–Crippen MR) is 102 cm³/mol. The number of nitrogens with zero attached hydrogens (tertiary/aromatic N) is 2. The largest absolute Gasteiger partial charge is 0.497 e. The van der Waals surface area contributed by atoms with Gasteiger partial charge in [0.15, 0.2) is 0 Å². The van der Waals surface area contributed by atoms with Gasteiger partial charge in [-0.2, -0.15) is 0 Å². The molecule has 5 rings (SSSR count). The Kier molecular flexibility index (Phi) is 5.66. The van der Waals surface area contributed by atoms with Gasteiger partial charge in [0.2, 0.25) is 5.91 Å². The SMILES string of the molecule is COCCOCC(=O)N1C[C@@H](c2ccc(OC)cc2)[C@@H]2[C@H]1C1CCN2CC1. The van der Waals surface area contributed by atoms with E-state index in [1.165, 1.54) is 18.4 Å². The van der Waals surface area contributed by atoms with E-state index in [4.69, 9.17) is 14.2 Å². The first-order chi connectivity index (χ1) is 13.2. The molecule has 4 heterocycles. The number of hydrogen-bond donors (Lipinski definition) is 0. The van der Waals surface area contributed by atoms with Crippen LogP contribution in [0.1, 0.15) is 24.3 Å². The van der Waals surface area contributed by atoms with Crippen molar-refractivity contribution in [3.05, 3.63) is 29.8 Å². The number of methoxy groups -OCH3 is 2. The lowest BCUT2D eigenvalue weighted by molar-refractivity contribution is -0.141. The van der Waals surface area contributed by atoms with Crippen molar-refractivity contribution in [3.8, 4) is 5.75 Å². The van der Waals surface area contributed by atoms with Gasteiger partial charge in [0.25, 0.3) is 0 Å². The van der Waals surface area contributed by atoms with Gasteiger partial charge in [0, 0.05) is 25.6 Å². The van der Waals surface area contributed by atoms with Crippen LogP contribution in [0.5, 0.6) is 5.75 Å². The van der Waals surface area contributed by atoms with E-state index in [1.54, 1.807) is 14.2 Å². The van der Waals surface area contributed by atoms with Gasteiger partial charge in [0.05, 0.1) is 26.4 Å². The number of carbonyl (C=O) groups is 1. The van der Waals surface area contributed by atoms with Gasteiger partial charge in [-0.25, -0.2) is 0 Å². The van der Waals surface area contributed by atoms with Crippen LogP contribution in [0.15, 0.2) is 24.3 Å². The van der Waals surface area contributed by atoms with Crippen LogP contribution in [-0.4, -0.2) is 81.5 Å². The number of piperidine rings is 3. The molecule has 148 valence electrons. The summed E-state index contributed by atoms with van der Waals surface area (Å²) in [6, 6.07) is 9.12. The Hall–Kier alpha value is -1.63. The minimum atomic E-state index is 0.117. The first kappa shape index (κ1) is 18.7. The lowest BCUT2D eigenvalue weighted by Crippen LogP contribution is -2.61. The fraction of sp³-hybridized carbons (Fsp3) is 0.667. The number of rotatable bonds is 7. The van der Waals surface area contributed by atoms with Crippen LogP contribution in [0, 0.1) is 5.92 Å². The van der Waals surface area contributed by atoms with Crippen molar-refractivity contribution in [2.24, 2.45) is 5.92 Å². The van der Waals surface area contributed by atoms with Gasteiger partial charge in [-0.3, -0.25) is 9.69 Å². The van der Waals surface area contributed by atoms with Crippen LogP contribution in [0.25, 0.3) is 0 Å². The summed E-state index contributed by atoms with van der Waals surface area (Å²) in [6.07, 6.45) is 2.40. The van der Waals surface area contributed by atoms with Crippen LogP contribution in [-0.2, 0) is 14.3 Å². The number of fused-ring (bicyclic) bond motifs is 2. The van der Waals surface area contributed by atoms with E-state index in [0.717, 1.165) is 25.4 Å². The summed E-state index contributed by atoms with van der Waals surface area (Å²) >= 11 is 0. The average Bonchev–Trinajstić information content (AvgIpc) is 3.15. The van der Waals surface area contributed by atoms with E-state index in [2.05, 4.69) is 21.9 Å². The molecular weight excluding hydrogens is 344 g/mol. The fourth-order valence-corrected chi connectivity index (χ4v) is 5.23. The quantitative estimate of drug-likeness (QED) is 0.681. The fourth-order valence-electron chi connectivity index (χ4n) is 5.23. The van der Waals surface area contributed by atoms with Crippen molar-refractivity contribution in [1.29, 1.82) is 0 Å². The first-order valence-electron chi connectivity index (χ1n) is 9.97. The monoisotopic (exact) mass is 374 g/mol. The highest BCUT2D eigenvalue weighted by atomic mass is 16.5. The minimum absolute atomic E-state index is 0.117. The van der Waals surface area contributed by atoms with Gasteiger partial charge in [-0.15, -0.1) is 0 Å². The minimum Gasteiger partial charge on any atom is -0.497 e. The van der Waals surface area contributed by atoms with Crippen molar-refractivity contribution in [2.45, 2.75) is 30.8 Å². The van der Waals surface area contributed by atoms with E-state index < -0.39 is 0 Å². The van der Waals surface area contributed by atoms with Gasteiger partial charge >= 0.3 is 0 Å². The van der Waals surface area contributed by atoms with Crippen LogP contribution in [0.4, 0.5) is 0 Å². The van der Waals surface area contributed by atoms with Gasteiger partial charge < -0.3 is 19.1 Å². The van der Waals surface area contributed by atoms with Crippen LogP contribution in [0.2, 0.25) is 0 Å². The molecule has 4 saturated heterocycles. The lowest BCUT2D eigenvalue weighted by atomic mass is 9.75. The summed E-state index contributed by atoms with van der Waals surface area (Å²) in [5.74, 6) is 1.96. The van der Waals surface area contributed by atoms with Crippen LogP contribution < -0.4 is 4.74 Å². The molecule has 6 heteroatoms. The summed E-state index contributed by atoms with van der Waals surface area (Å²) < 4.78 is 15.8. The van der Waals surface area contributed by atoms with Crippen molar-refractivity contribution in [3.63, 3.8) is 0 Å². The molecule has 0 unspecified atom stereocenters. The molecule has 4 aliphatic heterocycles. The molecule has 0 aliphatic carbocycles. The molecule has 27 heavy (non-hydrogen) atoms. The second kappa shape index (κ2) is 8.17. The number of amides is 1. The zero-order valence-electron chi connectivity index (χ0n) is 16.3. The highest BCUT2D eigenvalue weighted by Gasteiger charge is 2.54. The summed E-state index contributed by atoms with van der Waals surface area (Å²) in [7, 11) is 3.33. The molecule has 0 radical (unpaired) electrons. The molecule has 0 N–H and O–H groups in total. The number of ether oxygens (including phenoxy) is 3. The molecule has 1 aromatic rings. The first-order valence-corrected chi connectivity index (χ1v) is 9.97. The van der Waals surface area contributed by atoms with Crippen molar-refractivity contribution in [2.75, 3.05) is 53.7 Å². The van der Waals surface area contributed by atoms with E-state index in [0.29, 0.717) is 37.1 Å².